The Kier molecular flexibility index (Phi) is 4.55. The molecule has 0 aromatic heterocycles. The van der Waals surface area contributed by atoms with Crippen LogP contribution in [-0.2, 0) is 0 Å². The van der Waals surface area contributed by atoms with Crippen LogP contribution in [0.1, 0.15) is 6.42 Å². The van der Waals surface area contributed by atoms with Crippen molar-refractivity contribution in [2.45, 2.75) is 6.42 Å². The van der Waals surface area contributed by atoms with Gasteiger partial charge in [-0.3, -0.25) is 0 Å². The van der Waals surface area contributed by atoms with Crippen LogP contribution in [0.3, 0.4) is 0 Å². The summed E-state index contributed by atoms with van der Waals surface area (Å²) in [5.74, 6) is 0.820. The molecule has 0 spiro atoms. The summed E-state index contributed by atoms with van der Waals surface area (Å²) in [6.07, 6.45) is 1.09. The highest BCUT2D eigenvalue weighted by Gasteiger charge is 2.27. The number of aliphatic hydroxyl groups excluding tert-OH is 1. The summed E-state index contributed by atoms with van der Waals surface area (Å²) >= 11 is 0. The van der Waals surface area contributed by atoms with Crippen molar-refractivity contribution in [3.05, 3.63) is 30.1 Å². The van der Waals surface area contributed by atoms with Gasteiger partial charge in [-0.2, -0.15) is 0 Å². The molecule has 1 N–H and O–H groups in total. The van der Waals surface area contributed by atoms with Gasteiger partial charge in [0.15, 0.2) is 0 Å². The van der Waals surface area contributed by atoms with E-state index in [9.17, 15) is 9.50 Å². The fourth-order valence-electron chi connectivity index (χ4n) is 2.45. The van der Waals surface area contributed by atoms with Gasteiger partial charge in [-0.05, 0) is 38.1 Å². The van der Waals surface area contributed by atoms with Gasteiger partial charge in [0.25, 0.3) is 0 Å². The third-order valence-electron chi connectivity index (χ3n) is 3.59. The molecule has 100 valence electrons. The number of halogens is 1. The quantitative estimate of drug-likeness (QED) is 0.868. The van der Waals surface area contributed by atoms with Crippen LogP contribution in [-0.4, -0.2) is 43.4 Å². The first-order chi connectivity index (χ1) is 8.69. The zero-order valence-corrected chi connectivity index (χ0v) is 10.7. The van der Waals surface area contributed by atoms with E-state index in [1.165, 1.54) is 12.1 Å². The maximum Gasteiger partial charge on any atom is 0.126 e. The Morgan fingerprint density at radius 1 is 1.56 bits per heavy atom. The molecule has 1 saturated heterocycles. The zero-order valence-electron chi connectivity index (χ0n) is 10.7. The highest BCUT2D eigenvalue weighted by atomic mass is 19.1. The molecule has 2 rings (SSSR count). The normalized spacial score (nSPS) is 22.1. The van der Waals surface area contributed by atoms with Crippen LogP contribution in [0.4, 0.5) is 4.39 Å². The SMILES string of the molecule is CN1CCC(C(CO)COc2cccc(F)c2)C1. The highest BCUT2D eigenvalue weighted by molar-refractivity contribution is 5.22. The van der Waals surface area contributed by atoms with Gasteiger partial charge in [-0.15, -0.1) is 0 Å². The monoisotopic (exact) mass is 253 g/mol. The van der Waals surface area contributed by atoms with E-state index in [-0.39, 0.29) is 18.3 Å². The molecule has 4 heteroatoms. The van der Waals surface area contributed by atoms with Crippen molar-refractivity contribution in [2.75, 3.05) is 33.4 Å². The summed E-state index contributed by atoms with van der Waals surface area (Å²) < 4.78 is 18.6. The molecule has 1 fully saturated rings. The largest absolute Gasteiger partial charge is 0.493 e. The predicted octanol–water partition coefficient (Wildman–Crippen LogP) is 1.76. The van der Waals surface area contributed by atoms with E-state index in [2.05, 4.69) is 11.9 Å². The maximum atomic E-state index is 13.0. The fraction of sp³-hybridized carbons (Fsp3) is 0.571. The number of likely N-dealkylation sites (tertiary alicyclic amines) is 1. The Balaban J connectivity index is 1.87. The van der Waals surface area contributed by atoms with Crippen molar-refractivity contribution in [1.82, 2.24) is 4.90 Å². The molecule has 0 amide bonds. The molecule has 3 nitrogen and oxygen atoms in total. The summed E-state index contributed by atoms with van der Waals surface area (Å²) in [6.45, 7) is 2.63. The van der Waals surface area contributed by atoms with E-state index in [1.807, 2.05) is 0 Å². The van der Waals surface area contributed by atoms with E-state index in [4.69, 9.17) is 4.74 Å². The maximum absolute atomic E-state index is 13.0. The molecule has 2 atom stereocenters. The molecule has 1 heterocycles. The number of nitrogens with zero attached hydrogens (tertiary/aromatic N) is 1. The van der Waals surface area contributed by atoms with Gasteiger partial charge in [0.1, 0.15) is 11.6 Å². The van der Waals surface area contributed by atoms with Crippen molar-refractivity contribution in [2.24, 2.45) is 11.8 Å². The Bertz CT molecular complexity index is 386. The number of aliphatic hydroxyl groups is 1. The second-order valence-electron chi connectivity index (χ2n) is 5.02. The van der Waals surface area contributed by atoms with Crippen LogP contribution in [0.5, 0.6) is 5.75 Å². The van der Waals surface area contributed by atoms with Gasteiger partial charge < -0.3 is 14.7 Å². The first-order valence-corrected chi connectivity index (χ1v) is 6.37. The molecular formula is C14H20FNO2. The Morgan fingerprint density at radius 2 is 2.39 bits per heavy atom. The van der Waals surface area contributed by atoms with Crippen molar-refractivity contribution in [1.29, 1.82) is 0 Å². The summed E-state index contributed by atoms with van der Waals surface area (Å²) in [7, 11) is 2.09. The van der Waals surface area contributed by atoms with Gasteiger partial charge in [0.2, 0.25) is 0 Å². The van der Waals surface area contributed by atoms with Crippen LogP contribution in [0.25, 0.3) is 0 Å². The summed E-state index contributed by atoms with van der Waals surface area (Å²) in [6, 6.07) is 6.12. The lowest BCUT2D eigenvalue weighted by molar-refractivity contribution is 0.120. The van der Waals surface area contributed by atoms with Crippen molar-refractivity contribution < 1.29 is 14.2 Å². The number of hydrogen-bond donors (Lipinski definition) is 1. The first kappa shape index (κ1) is 13.3. The number of benzene rings is 1. The van der Waals surface area contributed by atoms with Crippen LogP contribution in [0.2, 0.25) is 0 Å². The fourth-order valence-corrected chi connectivity index (χ4v) is 2.45. The van der Waals surface area contributed by atoms with E-state index in [0.29, 0.717) is 18.3 Å². The number of rotatable bonds is 5. The van der Waals surface area contributed by atoms with E-state index in [1.54, 1.807) is 12.1 Å². The molecule has 2 unspecified atom stereocenters. The Hall–Kier alpha value is -1.13. The second-order valence-corrected chi connectivity index (χ2v) is 5.02. The molecule has 0 aliphatic carbocycles. The van der Waals surface area contributed by atoms with E-state index in [0.717, 1.165) is 19.5 Å². The van der Waals surface area contributed by atoms with Crippen molar-refractivity contribution in [3.8, 4) is 5.75 Å². The number of ether oxygens (including phenoxy) is 1. The molecular weight excluding hydrogens is 233 g/mol. The average Bonchev–Trinajstić information content (AvgIpc) is 2.77. The summed E-state index contributed by atoms with van der Waals surface area (Å²) in [5, 5.41) is 9.43. The van der Waals surface area contributed by atoms with E-state index >= 15 is 0 Å². The summed E-state index contributed by atoms with van der Waals surface area (Å²) in [4.78, 5) is 2.26. The molecule has 18 heavy (non-hydrogen) atoms. The number of hydrogen-bond acceptors (Lipinski definition) is 3. The standard InChI is InChI=1S/C14H20FNO2/c1-16-6-5-11(8-16)12(9-17)10-18-14-4-2-3-13(15)7-14/h2-4,7,11-12,17H,5-6,8-10H2,1H3. The third kappa shape index (κ3) is 3.43. The molecule has 0 bridgehead atoms. The Morgan fingerprint density at radius 3 is 3.00 bits per heavy atom. The molecule has 1 aliphatic rings. The minimum atomic E-state index is -0.298. The lowest BCUT2D eigenvalue weighted by Gasteiger charge is -2.21. The van der Waals surface area contributed by atoms with Crippen LogP contribution in [0.15, 0.2) is 24.3 Å². The molecule has 1 aliphatic heterocycles. The van der Waals surface area contributed by atoms with Crippen LogP contribution < -0.4 is 4.74 Å². The highest BCUT2D eigenvalue weighted by Crippen LogP contribution is 2.24. The minimum absolute atomic E-state index is 0.119. The molecule has 0 saturated carbocycles. The van der Waals surface area contributed by atoms with E-state index < -0.39 is 0 Å². The zero-order chi connectivity index (χ0) is 13.0. The predicted molar refractivity (Wildman–Crippen MR) is 68.1 cm³/mol. The van der Waals surface area contributed by atoms with Gasteiger partial charge in [-0.1, -0.05) is 6.07 Å². The topological polar surface area (TPSA) is 32.7 Å². The summed E-state index contributed by atoms with van der Waals surface area (Å²) in [5.41, 5.74) is 0. The lowest BCUT2D eigenvalue weighted by atomic mass is 9.93. The van der Waals surface area contributed by atoms with Gasteiger partial charge in [-0.25, -0.2) is 4.39 Å². The minimum Gasteiger partial charge on any atom is -0.493 e. The van der Waals surface area contributed by atoms with Gasteiger partial charge in [0.05, 0.1) is 6.61 Å². The molecule has 1 aromatic carbocycles. The smallest absolute Gasteiger partial charge is 0.126 e. The third-order valence-corrected chi connectivity index (χ3v) is 3.59. The van der Waals surface area contributed by atoms with Crippen molar-refractivity contribution in [3.63, 3.8) is 0 Å². The Labute approximate surface area is 107 Å². The first-order valence-electron chi connectivity index (χ1n) is 6.37. The van der Waals surface area contributed by atoms with Gasteiger partial charge >= 0.3 is 0 Å². The van der Waals surface area contributed by atoms with Crippen LogP contribution in [0, 0.1) is 17.7 Å². The average molecular weight is 253 g/mol. The second kappa shape index (κ2) is 6.16. The van der Waals surface area contributed by atoms with Crippen molar-refractivity contribution >= 4 is 0 Å². The molecule has 0 radical (unpaired) electrons. The molecule has 1 aromatic rings. The van der Waals surface area contributed by atoms with Gasteiger partial charge in [0, 0.05) is 25.1 Å². The lowest BCUT2D eigenvalue weighted by Crippen LogP contribution is -2.27. The van der Waals surface area contributed by atoms with Crippen LogP contribution >= 0.6 is 0 Å².